The van der Waals surface area contributed by atoms with Crippen LogP contribution in [0.15, 0.2) is 22.6 Å². The van der Waals surface area contributed by atoms with E-state index in [2.05, 4.69) is 4.98 Å². The van der Waals surface area contributed by atoms with Crippen molar-refractivity contribution >= 4 is 35.2 Å². The molecular weight excluding hydrogens is 340 g/mol. The van der Waals surface area contributed by atoms with Crippen LogP contribution in [0.5, 0.6) is 0 Å². The summed E-state index contributed by atoms with van der Waals surface area (Å²) in [5.74, 6) is -0.541. The third kappa shape index (κ3) is 3.92. The maximum absolute atomic E-state index is 13.0. The highest BCUT2D eigenvalue weighted by molar-refractivity contribution is 7.71. The van der Waals surface area contributed by atoms with Crippen LogP contribution in [0, 0.1) is 4.84 Å². The van der Waals surface area contributed by atoms with Gasteiger partial charge >= 0.3 is 5.97 Å². The van der Waals surface area contributed by atoms with Gasteiger partial charge < -0.3 is 19.0 Å². The molecule has 3 rings (SSSR count). The van der Waals surface area contributed by atoms with Crippen LogP contribution < -0.4 is 0 Å². The number of rotatable bonds is 2. The van der Waals surface area contributed by atoms with Crippen LogP contribution in [-0.2, 0) is 9.53 Å². The largest absolute Gasteiger partial charge is 0.458 e. The summed E-state index contributed by atoms with van der Waals surface area (Å²) in [6.45, 7) is 6.02. The number of likely N-dealkylation sites (tertiary alicyclic amines) is 1. The van der Waals surface area contributed by atoms with Crippen LogP contribution in [0.2, 0.25) is 0 Å². The minimum absolute atomic E-state index is 0.195. The van der Waals surface area contributed by atoms with Crippen molar-refractivity contribution < 1.29 is 18.7 Å². The molecule has 1 aliphatic heterocycles. The molecule has 0 saturated carbocycles. The topological polar surface area (TPSA) is 75.5 Å². The van der Waals surface area contributed by atoms with E-state index in [-0.39, 0.29) is 16.7 Å². The summed E-state index contributed by atoms with van der Waals surface area (Å²) >= 11 is 4.97. The summed E-state index contributed by atoms with van der Waals surface area (Å²) in [7, 11) is 0. The summed E-state index contributed by atoms with van der Waals surface area (Å²) in [6.07, 6.45) is 2.39. The first-order chi connectivity index (χ1) is 11.7. The highest BCUT2D eigenvalue weighted by Crippen LogP contribution is 2.24. The number of carbonyl (C=O) groups excluding carboxylic acids is 2. The van der Waals surface area contributed by atoms with Gasteiger partial charge in [0.15, 0.2) is 5.58 Å². The molecule has 1 atom stereocenters. The van der Waals surface area contributed by atoms with Gasteiger partial charge in [-0.15, -0.1) is 0 Å². The number of oxazole rings is 1. The summed E-state index contributed by atoms with van der Waals surface area (Å²) in [4.78, 5) is 30.3. The Morgan fingerprint density at radius 3 is 2.80 bits per heavy atom. The van der Waals surface area contributed by atoms with Crippen molar-refractivity contribution in [3.05, 3.63) is 28.6 Å². The highest BCUT2D eigenvalue weighted by Gasteiger charge is 2.35. The van der Waals surface area contributed by atoms with Gasteiger partial charge in [0.2, 0.25) is 0 Å². The number of fused-ring (bicyclic) bond motifs is 1. The molecule has 2 heterocycles. The number of nitrogens with zero attached hydrogens (tertiary/aromatic N) is 1. The fourth-order valence-corrected chi connectivity index (χ4v) is 3.23. The van der Waals surface area contributed by atoms with Gasteiger partial charge in [0, 0.05) is 12.1 Å². The highest BCUT2D eigenvalue weighted by atomic mass is 32.1. The number of benzene rings is 1. The number of amides is 1. The number of carbonyl (C=O) groups is 2. The second kappa shape index (κ2) is 6.63. The first-order valence-corrected chi connectivity index (χ1v) is 8.82. The number of aromatic amines is 1. The van der Waals surface area contributed by atoms with E-state index in [9.17, 15) is 9.59 Å². The van der Waals surface area contributed by atoms with Crippen LogP contribution in [0.25, 0.3) is 11.1 Å². The molecule has 1 N–H and O–H groups in total. The summed E-state index contributed by atoms with van der Waals surface area (Å²) in [5.41, 5.74) is 1.16. The molecule has 0 aliphatic carbocycles. The Kier molecular flexibility index (Phi) is 4.69. The molecule has 1 fully saturated rings. The van der Waals surface area contributed by atoms with E-state index in [0.717, 1.165) is 18.4 Å². The lowest BCUT2D eigenvalue weighted by molar-refractivity contribution is -0.161. The molecule has 25 heavy (non-hydrogen) atoms. The number of aromatic nitrogens is 1. The van der Waals surface area contributed by atoms with Gasteiger partial charge in [0.25, 0.3) is 10.7 Å². The zero-order valence-corrected chi connectivity index (χ0v) is 15.4. The van der Waals surface area contributed by atoms with E-state index in [1.807, 2.05) is 20.8 Å². The van der Waals surface area contributed by atoms with E-state index in [0.29, 0.717) is 24.1 Å². The molecule has 1 unspecified atom stereocenters. The molecule has 1 aromatic heterocycles. The molecule has 134 valence electrons. The first-order valence-electron chi connectivity index (χ1n) is 8.41. The Hall–Kier alpha value is -2.15. The molecule has 6 nitrogen and oxygen atoms in total. The van der Waals surface area contributed by atoms with E-state index in [1.165, 1.54) is 0 Å². The van der Waals surface area contributed by atoms with E-state index in [1.54, 1.807) is 23.1 Å². The number of H-pyrrole nitrogens is 1. The van der Waals surface area contributed by atoms with Gasteiger partial charge in [-0.05, 0) is 70.5 Å². The SMILES string of the molecule is CC(C)(C)OC(=O)C1CCCCN1C(=O)c1ccc2[nH]c(=S)oc2c1. The van der Waals surface area contributed by atoms with Crippen molar-refractivity contribution in [3.63, 3.8) is 0 Å². The maximum Gasteiger partial charge on any atom is 0.329 e. The molecule has 7 heteroatoms. The van der Waals surface area contributed by atoms with Gasteiger partial charge in [0.1, 0.15) is 11.6 Å². The minimum Gasteiger partial charge on any atom is -0.458 e. The lowest BCUT2D eigenvalue weighted by Gasteiger charge is -2.35. The van der Waals surface area contributed by atoms with E-state index >= 15 is 0 Å². The monoisotopic (exact) mass is 362 g/mol. The Morgan fingerprint density at radius 2 is 2.08 bits per heavy atom. The van der Waals surface area contributed by atoms with E-state index < -0.39 is 11.6 Å². The molecule has 2 aromatic rings. The molecule has 1 amide bonds. The normalized spacial score (nSPS) is 18.4. The fourth-order valence-electron chi connectivity index (χ4n) is 3.03. The molecule has 0 radical (unpaired) electrons. The van der Waals surface area contributed by atoms with Gasteiger partial charge in [-0.3, -0.25) is 4.79 Å². The number of piperidine rings is 1. The van der Waals surface area contributed by atoms with Crippen molar-refractivity contribution in [1.29, 1.82) is 0 Å². The smallest absolute Gasteiger partial charge is 0.329 e. The summed E-state index contributed by atoms with van der Waals surface area (Å²) in [5, 5.41) is 0. The molecule has 0 bridgehead atoms. The summed E-state index contributed by atoms with van der Waals surface area (Å²) < 4.78 is 10.9. The second-order valence-electron chi connectivity index (χ2n) is 7.27. The standard InChI is InChI=1S/C18H22N2O4S/c1-18(2,3)24-16(22)13-6-4-5-9-20(13)15(21)11-7-8-12-14(10-11)23-17(25)19-12/h7-8,10,13H,4-6,9H2,1-3H3,(H,19,25). The van der Waals surface area contributed by atoms with Crippen LogP contribution >= 0.6 is 12.2 Å². The van der Waals surface area contributed by atoms with Crippen LogP contribution in [0.1, 0.15) is 50.4 Å². The molecule has 0 spiro atoms. The van der Waals surface area contributed by atoms with Crippen molar-refractivity contribution in [1.82, 2.24) is 9.88 Å². The van der Waals surface area contributed by atoms with Gasteiger partial charge in [-0.2, -0.15) is 0 Å². The van der Waals surface area contributed by atoms with Crippen molar-refractivity contribution in [2.45, 2.75) is 51.7 Å². The first kappa shape index (κ1) is 17.7. The molecule has 1 aliphatic rings. The minimum atomic E-state index is -0.577. The second-order valence-corrected chi connectivity index (χ2v) is 7.64. The third-order valence-electron chi connectivity index (χ3n) is 4.11. The Bertz CT molecular complexity index is 862. The van der Waals surface area contributed by atoms with Gasteiger partial charge in [-0.25, -0.2) is 4.79 Å². The van der Waals surface area contributed by atoms with E-state index in [4.69, 9.17) is 21.4 Å². The number of hydrogen-bond donors (Lipinski definition) is 1. The lowest BCUT2D eigenvalue weighted by Crippen LogP contribution is -2.50. The number of hydrogen-bond acceptors (Lipinski definition) is 5. The van der Waals surface area contributed by atoms with Crippen molar-refractivity contribution in [2.75, 3.05) is 6.54 Å². The van der Waals surface area contributed by atoms with Crippen molar-refractivity contribution in [2.24, 2.45) is 0 Å². The zero-order chi connectivity index (χ0) is 18.2. The molecule has 1 saturated heterocycles. The van der Waals surface area contributed by atoms with Gasteiger partial charge in [0.05, 0.1) is 5.52 Å². The zero-order valence-electron chi connectivity index (χ0n) is 14.6. The Labute approximate surface area is 151 Å². The maximum atomic E-state index is 13.0. The summed E-state index contributed by atoms with van der Waals surface area (Å²) in [6, 6.07) is 4.58. The average molecular weight is 362 g/mol. The number of nitrogens with one attached hydrogen (secondary N) is 1. The van der Waals surface area contributed by atoms with Crippen LogP contribution in [0.4, 0.5) is 0 Å². The van der Waals surface area contributed by atoms with Crippen LogP contribution in [-0.4, -0.2) is 39.9 Å². The fraction of sp³-hybridized carbons (Fsp3) is 0.500. The Balaban J connectivity index is 1.86. The number of esters is 1. The van der Waals surface area contributed by atoms with Gasteiger partial charge in [-0.1, -0.05) is 0 Å². The average Bonchev–Trinajstić information content (AvgIpc) is 2.91. The quantitative estimate of drug-likeness (QED) is 0.649. The third-order valence-corrected chi connectivity index (χ3v) is 4.30. The predicted octanol–water partition coefficient (Wildman–Crippen LogP) is 3.83. The predicted molar refractivity (Wildman–Crippen MR) is 95.9 cm³/mol. The lowest BCUT2D eigenvalue weighted by atomic mass is 10.0. The molecule has 1 aromatic carbocycles. The Morgan fingerprint density at radius 1 is 1.32 bits per heavy atom. The van der Waals surface area contributed by atoms with Crippen molar-refractivity contribution in [3.8, 4) is 0 Å². The van der Waals surface area contributed by atoms with Crippen LogP contribution in [0.3, 0.4) is 0 Å². The number of ether oxygens (including phenoxy) is 1. The molecular formula is C18H22N2O4S.